The van der Waals surface area contributed by atoms with Gasteiger partial charge in [-0.1, -0.05) is 0 Å². The Kier molecular flexibility index (Phi) is 3.64. The molecule has 7 nitrogen and oxygen atoms in total. The molecule has 0 fully saturated rings. The second-order valence-electron chi connectivity index (χ2n) is 5.17. The van der Waals surface area contributed by atoms with Crippen molar-refractivity contribution >= 4 is 11.6 Å². The number of aromatic nitrogens is 2. The van der Waals surface area contributed by atoms with Crippen LogP contribution in [0, 0.1) is 0 Å². The van der Waals surface area contributed by atoms with E-state index in [2.05, 4.69) is 5.32 Å². The van der Waals surface area contributed by atoms with Crippen LogP contribution in [0.1, 0.15) is 20.8 Å². The van der Waals surface area contributed by atoms with E-state index < -0.39 is 22.7 Å². The molecule has 100 valence electrons. The van der Waals surface area contributed by atoms with Crippen molar-refractivity contribution in [1.82, 2.24) is 14.5 Å². The highest BCUT2D eigenvalue weighted by Gasteiger charge is 2.16. The molecular weight excluding hydrogens is 236 g/mol. The zero-order valence-electron chi connectivity index (χ0n) is 11.0. The molecule has 0 spiro atoms. The number of nitrogens with one attached hydrogen (secondary N) is 1. The van der Waals surface area contributed by atoms with Gasteiger partial charge in [0.2, 0.25) is 5.91 Å². The number of hydrogen-bond acceptors (Lipinski definition) is 4. The summed E-state index contributed by atoms with van der Waals surface area (Å²) in [5.74, 6) is -0.410. The van der Waals surface area contributed by atoms with Gasteiger partial charge >= 0.3 is 5.69 Å². The van der Waals surface area contributed by atoms with Crippen LogP contribution in [0.5, 0.6) is 0 Å². The van der Waals surface area contributed by atoms with Gasteiger partial charge in [-0.05, 0) is 20.8 Å². The van der Waals surface area contributed by atoms with Crippen molar-refractivity contribution in [2.75, 3.05) is 5.73 Å². The van der Waals surface area contributed by atoms with E-state index in [4.69, 9.17) is 5.73 Å². The fraction of sp³-hybridized carbons (Fsp3) is 0.545. The second-order valence-corrected chi connectivity index (χ2v) is 5.17. The first-order chi connectivity index (χ1) is 8.11. The molecule has 1 heterocycles. The summed E-state index contributed by atoms with van der Waals surface area (Å²) >= 11 is 0. The topological polar surface area (TPSA) is 99.1 Å². The third-order valence-electron chi connectivity index (χ3n) is 2.17. The molecule has 3 N–H and O–H groups in total. The van der Waals surface area contributed by atoms with Crippen LogP contribution in [0.25, 0.3) is 0 Å². The second kappa shape index (κ2) is 4.67. The molecule has 0 aromatic carbocycles. The lowest BCUT2D eigenvalue weighted by atomic mass is 10.1. The predicted molar refractivity (Wildman–Crippen MR) is 68.3 cm³/mol. The van der Waals surface area contributed by atoms with Crippen molar-refractivity contribution in [3.8, 4) is 0 Å². The first-order valence-corrected chi connectivity index (χ1v) is 5.49. The average Bonchev–Trinajstić information content (AvgIpc) is 2.19. The van der Waals surface area contributed by atoms with Gasteiger partial charge in [0.15, 0.2) is 0 Å². The van der Waals surface area contributed by atoms with Crippen LogP contribution in [0.15, 0.2) is 15.8 Å². The third-order valence-corrected chi connectivity index (χ3v) is 2.17. The van der Waals surface area contributed by atoms with Crippen LogP contribution in [0.4, 0.5) is 5.69 Å². The van der Waals surface area contributed by atoms with E-state index in [9.17, 15) is 14.4 Å². The molecule has 0 saturated carbocycles. The maximum Gasteiger partial charge on any atom is 0.331 e. The molecule has 0 unspecified atom stereocenters. The van der Waals surface area contributed by atoms with Gasteiger partial charge in [-0.2, -0.15) is 0 Å². The number of rotatable bonds is 2. The quantitative estimate of drug-likeness (QED) is 0.710. The van der Waals surface area contributed by atoms with E-state index >= 15 is 0 Å². The molecule has 1 aromatic heterocycles. The average molecular weight is 254 g/mol. The van der Waals surface area contributed by atoms with Crippen LogP contribution in [-0.4, -0.2) is 20.6 Å². The maximum absolute atomic E-state index is 11.7. The van der Waals surface area contributed by atoms with Gasteiger partial charge in [0, 0.05) is 18.8 Å². The van der Waals surface area contributed by atoms with Crippen LogP contribution < -0.4 is 22.3 Å². The largest absolute Gasteiger partial charge is 0.393 e. The van der Waals surface area contributed by atoms with Gasteiger partial charge in [-0.3, -0.25) is 9.59 Å². The minimum atomic E-state index is -0.651. The zero-order chi connectivity index (χ0) is 14.1. The first-order valence-electron chi connectivity index (χ1n) is 5.49. The molecule has 0 aliphatic rings. The molecule has 0 saturated heterocycles. The van der Waals surface area contributed by atoms with Crippen molar-refractivity contribution in [3.05, 3.63) is 27.0 Å². The number of hydrogen-bond donors (Lipinski definition) is 2. The molecular formula is C11H18N4O3. The Morgan fingerprint density at radius 3 is 2.44 bits per heavy atom. The Hall–Kier alpha value is -2.05. The highest BCUT2D eigenvalue weighted by atomic mass is 16.2. The van der Waals surface area contributed by atoms with Crippen LogP contribution >= 0.6 is 0 Å². The number of carbonyl (C=O) groups excluding carboxylic acids is 1. The van der Waals surface area contributed by atoms with E-state index in [0.717, 1.165) is 4.57 Å². The number of nitrogens with two attached hydrogens (primary N) is 1. The van der Waals surface area contributed by atoms with E-state index in [0.29, 0.717) is 0 Å². The molecule has 0 aliphatic heterocycles. The molecule has 1 rings (SSSR count). The Bertz CT molecular complexity index is 543. The normalized spacial score (nSPS) is 11.3. The number of nitrogen functional groups attached to an aromatic ring is 1. The van der Waals surface area contributed by atoms with Crippen LogP contribution in [-0.2, 0) is 18.4 Å². The standard InChI is InChI=1S/C11H18N4O3/c1-11(2,3)13-8(16)6-15-9(17)7(12)5-14(4)10(15)18/h5H,6,12H2,1-4H3,(H,13,16). The summed E-state index contributed by atoms with van der Waals surface area (Å²) in [4.78, 5) is 35.1. The number of nitrogens with zero attached hydrogens (tertiary/aromatic N) is 2. The van der Waals surface area contributed by atoms with Gasteiger partial charge in [-0.15, -0.1) is 0 Å². The predicted octanol–water partition coefficient (Wildman–Crippen LogP) is -0.956. The molecule has 1 aromatic rings. The van der Waals surface area contributed by atoms with E-state index in [1.165, 1.54) is 17.8 Å². The Morgan fingerprint density at radius 1 is 1.39 bits per heavy atom. The minimum absolute atomic E-state index is 0.0688. The fourth-order valence-corrected chi connectivity index (χ4v) is 1.49. The summed E-state index contributed by atoms with van der Waals surface area (Å²) in [6.45, 7) is 5.09. The molecule has 0 atom stereocenters. The summed E-state index contributed by atoms with van der Waals surface area (Å²) in [6.07, 6.45) is 1.24. The monoisotopic (exact) mass is 254 g/mol. The maximum atomic E-state index is 11.7. The number of carbonyl (C=O) groups is 1. The smallest absolute Gasteiger partial charge is 0.331 e. The minimum Gasteiger partial charge on any atom is -0.393 e. The van der Waals surface area contributed by atoms with Gasteiger partial charge in [0.1, 0.15) is 12.2 Å². The third kappa shape index (κ3) is 3.22. The van der Waals surface area contributed by atoms with E-state index in [1.807, 2.05) is 20.8 Å². The summed E-state index contributed by atoms with van der Waals surface area (Å²) in [5.41, 5.74) is 3.75. The van der Waals surface area contributed by atoms with Gasteiger partial charge in [0.25, 0.3) is 5.56 Å². The van der Waals surface area contributed by atoms with Gasteiger partial charge in [-0.25, -0.2) is 9.36 Å². The zero-order valence-corrected chi connectivity index (χ0v) is 11.0. The van der Waals surface area contributed by atoms with Crippen molar-refractivity contribution in [1.29, 1.82) is 0 Å². The fourth-order valence-electron chi connectivity index (χ4n) is 1.49. The molecule has 18 heavy (non-hydrogen) atoms. The summed E-state index contributed by atoms with van der Waals surface area (Å²) < 4.78 is 1.98. The summed E-state index contributed by atoms with van der Waals surface area (Å²) in [7, 11) is 1.47. The number of amides is 1. The Labute approximate surface area is 104 Å². The SMILES string of the molecule is Cn1cc(N)c(=O)n(CC(=O)NC(C)(C)C)c1=O. The molecule has 0 aliphatic carbocycles. The van der Waals surface area contributed by atoms with Crippen LogP contribution in [0.3, 0.4) is 0 Å². The first kappa shape index (κ1) is 14.0. The Morgan fingerprint density at radius 2 is 1.94 bits per heavy atom. The highest BCUT2D eigenvalue weighted by Crippen LogP contribution is 1.98. The van der Waals surface area contributed by atoms with Crippen molar-refractivity contribution < 1.29 is 4.79 Å². The van der Waals surface area contributed by atoms with Crippen LogP contribution in [0.2, 0.25) is 0 Å². The van der Waals surface area contributed by atoms with E-state index in [1.54, 1.807) is 0 Å². The number of anilines is 1. The number of aryl methyl sites for hydroxylation is 1. The summed E-state index contributed by atoms with van der Waals surface area (Å²) in [5, 5.41) is 2.67. The lowest BCUT2D eigenvalue weighted by Crippen LogP contribution is -2.47. The lowest BCUT2D eigenvalue weighted by Gasteiger charge is -2.20. The Balaban J connectivity index is 3.10. The van der Waals surface area contributed by atoms with Crippen molar-refractivity contribution in [3.63, 3.8) is 0 Å². The molecule has 0 radical (unpaired) electrons. The molecule has 0 bridgehead atoms. The molecule has 1 amide bonds. The van der Waals surface area contributed by atoms with Crippen molar-refractivity contribution in [2.24, 2.45) is 7.05 Å². The van der Waals surface area contributed by atoms with Gasteiger partial charge in [0.05, 0.1) is 0 Å². The van der Waals surface area contributed by atoms with E-state index in [-0.39, 0.29) is 12.2 Å². The van der Waals surface area contributed by atoms with Crippen molar-refractivity contribution in [2.45, 2.75) is 32.9 Å². The summed E-state index contributed by atoms with van der Waals surface area (Å²) in [6, 6.07) is 0. The van der Waals surface area contributed by atoms with Gasteiger partial charge < -0.3 is 15.6 Å². The lowest BCUT2D eigenvalue weighted by molar-refractivity contribution is -0.123. The molecule has 7 heteroatoms. The highest BCUT2D eigenvalue weighted by molar-refractivity contribution is 5.76.